The first-order valence-corrected chi connectivity index (χ1v) is 22.2. The number of allylic oxidation sites excluding steroid dienone is 10. The van der Waals surface area contributed by atoms with E-state index in [0.717, 1.165) is 89.9 Å². The van der Waals surface area contributed by atoms with Crippen LogP contribution in [-0.2, 0) is 32.7 Å². The van der Waals surface area contributed by atoms with Crippen molar-refractivity contribution in [3.63, 3.8) is 0 Å². The third kappa shape index (κ3) is 36.6. The molecule has 0 aromatic heterocycles. The van der Waals surface area contributed by atoms with Crippen LogP contribution in [0.4, 0.5) is 0 Å². The lowest BCUT2D eigenvalue weighted by atomic mass is 10.1. The van der Waals surface area contributed by atoms with Gasteiger partial charge in [0, 0.05) is 12.8 Å². The summed E-state index contributed by atoms with van der Waals surface area (Å²) >= 11 is 0. The lowest BCUT2D eigenvalue weighted by Gasteiger charge is -2.20. The van der Waals surface area contributed by atoms with Crippen molar-refractivity contribution in [1.29, 1.82) is 0 Å². The molecule has 54 heavy (non-hydrogen) atoms. The van der Waals surface area contributed by atoms with Crippen molar-refractivity contribution in [3.05, 3.63) is 60.8 Å². The number of phosphoric ester groups is 1. The highest BCUT2D eigenvalue weighted by Crippen LogP contribution is 2.43. The second kappa shape index (κ2) is 38.9. The SMILES string of the molecule is CC/C=C\C/C=C\C/C=C\C/C=C\CCCCCCC(=O)OC(CO)COP(=O)(O)OCC(CO)OC(=O)CCCCCCC/C=C\CCCCCCC. The number of carbonyl (C=O) groups excluding carboxylic acids is 2. The van der Waals surface area contributed by atoms with Crippen LogP contribution in [0.1, 0.15) is 162 Å². The molecular weight excluding hydrogens is 707 g/mol. The molecule has 0 fully saturated rings. The minimum Gasteiger partial charge on any atom is -0.457 e. The van der Waals surface area contributed by atoms with E-state index in [9.17, 15) is 29.3 Å². The Morgan fingerprint density at radius 2 is 0.870 bits per heavy atom. The third-order valence-corrected chi connectivity index (χ3v) is 9.41. The number of carbonyl (C=O) groups is 2. The molecule has 0 aromatic rings. The molecule has 3 atom stereocenters. The number of aliphatic hydroxyl groups excluding tert-OH is 2. The van der Waals surface area contributed by atoms with E-state index in [1.165, 1.54) is 32.1 Å². The molecule has 3 unspecified atom stereocenters. The molecular formula is C43H75O10P. The summed E-state index contributed by atoms with van der Waals surface area (Å²) in [5.41, 5.74) is 0. The number of rotatable bonds is 38. The number of aliphatic hydroxyl groups is 2. The van der Waals surface area contributed by atoms with E-state index in [0.29, 0.717) is 12.8 Å². The summed E-state index contributed by atoms with van der Waals surface area (Å²) in [6, 6.07) is 0. The maximum absolute atomic E-state index is 12.3. The van der Waals surface area contributed by atoms with Crippen LogP contribution in [0.5, 0.6) is 0 Å². The third-order valence-electron chi connectivity index (χ3n) is 8.46. The average molecular weight is 783 g/mol. The highest BCUT2D eigenvalue weighted by molar-refractivity contribution is 7.47. The highest BCUT2D eigenvalue weighted by atomic mass is 31.2. The smallest absolute Gasteiger partial charge is 0.457 e. The second-order valence-electron chi connectivity index (χ2n) is 13.6. The number of unbranched alkanes of at least 4 members (excludes halogenated alkanes) is 14. The molecule has 0 saturated heterocycles. The number of ether oxygens (including phenoxy) is 2. The van der Waals surface area contributed by atoms with Gasteiger partial charge in [0.05, 0.1) is 26.4 Å². The molecule has 0 bridgehead atoms. The van der Waals surface area contributed by atoms with Crippen LogP contribution >= 0.6 is 7.82 Å². The van der Waals surface area contributed by atoms with E-state index in [-0.39, 0.29) is 12.8 Å². The Morgan fingerprint density at radius 3 is 1.28 bits per heavy atom. The molecule has 10 nitrogen and oxygen atoms in total. The molecule has 3 N–H and O–H groups in total. The van der Waals surface area contributed by atoms with E-state index in [1.807, 2.05) is 0 Å². The first-order chi connectivity index (χ1) is 26.3. The van der Waals surface area contributed by atoms with Gasteiger partial charge in [-0.15, -0.1) is 0 Å². The lowest BCUT2D eigenvalue weighted by molar-refractivity contribution is -0.153. The maximum atomic E-state index is 12.3. The minimum atomic E-state index is -4.65. The Hall–Kier alpha value is -2.33. The predicted molar refractivity (Wildman–Crippen MR) is 219 cm³/mol. The largest absolute Gasteiger partial charge is 0.472 e. The van der Waals surface area contributed by atoms with Crippen LogP contribution in [-0.4, -0.2) is 65.7 Å². The number of phosphoric acid groups is 1. The van der Waals surface area contributed by atoms with E-state index in [2.05, 4.69) is 74.6 Å². The summed E-state index contributed by atoms with van der Waals surface area (Å²) in [7, 11) is -4.65. The highest BCUT2D eigenvalue weighted by Gasteiger charge is 2.27. The van der Waals surface area contributed by atoms with Crippen molar-refractivity contribution in [2.45, 2.75) is 174 Å². The monoisotopic (exact) mass is 783 g/mol. The quantitative estimate of drug-likeness (QED) is 0.0239. The Morgan fingerprint density at radius 1 is 0.519 bits per heavy atom. The first kappa shape index (κ1) is 51.7. The van der Waals surface area contributed by atoms with E-state index < -0.39 is 58.4 Å². The summed E-state index contributed by atoms with van der Waals surface area (Å²) in [4.78, 5) is 34.5. The number of hydrogen-bond acceptors (Lipinski definition) is 9. The number of hydrogen-bond donors (Lipinski definition) is 3. The van der Waals surface area contributed by atoms with Crippen molar-refractivity contribution >= 4 is 19.8 Å². The van der Waals surface area contributed by atoms with Crippen LogP contribution in [0.2, 0.25) is 0 Å². The van der Waals surface area contributed by atoms with Gasteiger partial charge in [0.2, 0.25) is 0 Å². The fourth-order valence-electron chi connectivity index (χ4n) is 5.28. The Labute approximate surface area is 327 Å². The van der Waals surface area contributed by atoms with Crippen molar-refractivity contribution in [3.8, 4) is 0 Å². The van der Waals surface area contributed by atoms with E-state index in [4.69, 9.17) is 18.5 Å². The van der Waals surface area contributed by atoms with Gasteiger partial charge in [0.15, 0.2) is 0 Å². The Balaban J connectivity index is 4.01. The van der Waals surface area contributed by atoms with E-state index >= 15 is 0 Å². The minimum absolute atomic E-state index is 0.161. The molecule has 312 valence electrons. The molecule has 0 aliphatic rings. The molecule has 0 aliphatic heterocycles. The van der Waals surface area contributed by atoms with Gasteiger partial charge < -0.3 is 24.6 Å². The van der Waals surface area contributed by atoms with Gasteiger partial charge in [0.25, 0.3) is 0 Å². The van der Waals surface area contributed by atoms with Gasteiger partial charge in [0.1, 0.15) is 12.2 Å². The summed E-state index contributed by atoms with van der Waals surface area (Å²) in [6.07, 6.45) is 41.9. The van der Waals surface area contributed by atoms with Gasteiger partial charge in [-0.25, -0.2) is 4.57 Å². The summed E-state index contributed by atoms with van der Waals surface area (Å²) in [6.45, 7) is 2.03. The van der Waals surface area contributed by atoms with Crippen LogP contribution in [0.3, 0.4) is 0 Å². The van der Waals surface area contributed by atoms with Gasteiger partial charge in [-0.1, -0.05) is 132 Å². The average Bonchev–Trinajstić information content (AvgIpc) is 3.16. The fourth-order valence-corrected chi connectivity index (χ4v) is 6.06. The zero-order chi connectivity index (χ0) is 39.8. The fraction of sp³-hybridized carbons (Fsp3) is 0.721. The summed E-state index contributed by atoms with van der Waals surface area (Å²) in [5, 5.41) is 19.1. The summed E-state index contributed by atoms with van der Waals surface area (Å²) in [5.74, 6) is -1.06. The van der Waals surface area contributed by atoms with Gasteiger partial charge in [-0.3, -0.25) is 18.6 Å². The topological polar surface area (TPSA) is 149 Å². The molecule has 0 aromatic carbocycles. The van der Waals surface area contributed by atoms with Crippen molar-refractivity contribution in [2.75, 3.05) is 26.4 Å². The lowest BCUT2D eigenvalue weighted by Crippen LogP contribution is -2.28. The van der Waals surface area contributed by atoms with Gasteiger partial charge >= 0.3 is 19.8 Å². The molecule has 0 rings (SSSR count). The molecule has 0 radical (unpaired) electrons. The molecule has 0 spiro atoms. The maximum Gasteiger partial charge on any atom is 0.472 e. The first-order valence-electron chi connectivity index (χ1n) is 20.7. The predicted octanol–water partition coefficient (Wildman–Crippen LogP) is 10.7. The standard InChI is InChI=1S/C43H75O10P/c1-3-5-7-9-11-13-15-17-19-20-21-23-25-27-29-31-33-35-43(47)53-41(37-45)39-51-54(48,49)50-38-40(36-44)52-42(46)34-32-30-28-26-24-22-18-16-14-12-10-8-6-4-2/h5,7,11,13,16-19,21,23,40-41,44-45H,3-4,6,8-10,12,14-15,20,22,24-39H2,1-2H3,(H,48,49)/b7-5-,13-11-,18-16-,19-17-,23-21-. The molecule has 11 heteroatoms. The molecule has 0 heterocycles. The van der Waals surface area contributed by atoms with Gasteiger partial charge in [-0.05, 0) is 77.0 Å². The number of esters is 2. The van der Waals surface area contributed by atoms with Crippen molar-refractivity contribution in [2.24, 2.45) is 0 Å². The Bertz CT molecular complexity index is 1080. The summed E-state index contributed by atoms with van der Waals surface area (Å²) < 4.78 is 32.5. The normalized spacial score (nSPS) is 14.5. The zero-order valence-corrected chi connectivity index (χ0v) is 34.6. The molecule has 0 aliphatic carbocycles. The van der Waals surface area contributed by atoms with Crippen LogP contribution in [0.15, 0.2) is 60.8 Å². The van der Waals surface area contributed by atoms with Crippen LogP contribution < -0.4 is 0 Å². The van der Waals surface area contributed by atoms with Crippen LogP contribution in [0, 0.1) is 0 Å². The van der Waals surface area contributed by atoms with Crippen molar-refractivity contribution in [1.82, 2.24) is 0 Å². The zero-order valence-electron chi connectivity index (χ0n) is 33.7. The van der Waals surface area contributed by atoms with Crippen LogP contribution in [0.25, 0.3) is 0 Å². The van der Waals surface area contributed by atoms with Gasteiger partial charge in [-0.2, -0.15) is 0 Å². The van der Waals surface area contributed by atoms with E-state index in [1.54, 1.807) is 0 Å². The second-order valence-corrected chi connectivity index (χ2v) is 15.0. The molecule has 0 amide bonds. The Kier molecular flexibility index (Phi) is 37.2. The molecule has 0 saturated carbocycles. The van der Waals surface area contributed by atoms with Crippen molar-refractivity contribution < 1.29 is 47.8 Å².